The van der Waals surface area contributed by atoms with Gasteiger partial charge in [0.25, 0.3) is 0 Å². The summed E-state index contributed by atoms with van der Waals surface area (Å²) in [6, 6.07) is 7.98. The standard InChI is InChI=1S/C21H32N4O3/c1-7-22-21(23-14-17-13-18(15(2)3)24-28-17)25(4)11-10-16-8-9-19(26-5)20(12-16)27-6/h8-9,12-13,15H,7,10-11,14H2,1-6H3,(H,22,23). The Morgan fingerprint density at radius 2 is 1.96 bits per heavy atom. The minimum atomic E-state index is 0.346. The molecule has 7 nitrogen and oxygen atoms in total. The number of rotatable bonds is 9. The lowest BCUT2D eigenvalue weighted by atomic mass is 10.1. The predicted octanol–water partition coefficient (Wildman–Crippen LogP) is 3.46. The van der Waals surface area contributed by atoms with Crippen molar-refractivity contribution in [2.75, 3.05) is 34.4 Å². The molecule has 0 aliphatic rings. The van der Waals surface area contributed by atoms with Gasteiger partial charge in [-0.15, -0.1) is 0 Å². The number of hydrogen-bond donors (Lipinski definition) is 1. The van der Waals surface area contributed by atoms with E-state index in [1.54, 1.807) is 14.2 Å². The van der Waals surface area contributed by atoms with Crippen LogP contribution >= 0.6 is 0 Å². The van der Waals surface area contributed by atoms with Crippen molar-refractivity contribution in [1.82, 2.24) is 15.4 Å². The van der Waals surface area contributed by atoms with Gasteiger partial charge in [0.2, 0.25) is 0 Å². The van der Waals surface area contributed by atoms with Crippen LogP contribution in [0.2, 0.25) is 0 Å². The lowest BCUT2D eigenvalue weighted by Gasteiger charge is -2.22. The fraction of sp³-hybridized carbons (Fsp3) is 0.524. The fourth-order valence-electron chi connectivity index (χ4n) is 2.74. The molecule has 0 radical (unpaired) electrons. The molecule has 1 aromatic heterocycles. The lowest BCUT2D eigenvalue weighted by Crippen LogP contribution is -2.39. The Balaban J connectivity index is 2.00. The Hall–Kier alpha value is -2.70. The van der Waals surface area contributed by atoms with Crippen LogP contribution in [0.3, 0.4) is 0 Å². The quantitative estimate of drug-likeness (QED) is 0.524. The van der Waals surface area contributed by atoms with Crippen molar-refractivity contribution < 1.29 is 14.0 Å². The van der Waals surface area contributed by atoms with Gasteiger partial charge in [-0.05, 0) is 37.0 Å². The van der Waals surface area contributed by atoms with Crippen LogP contribution in [-0.4, -0.2) is 50.4 Å². The number of hydrogen-bond acceptors (Lipinski definition) is 5. The van der Waals surface area contributed by atoms with Crippen LogP contribution < -0.4 is 14.8 Å². The molecule has 28 heavy (non-hydrogen) atoms. The lowest BCUT2D eigenvalue weighted by molar-refractivity contribution is 0.354. The van der Waals surface area contributed by atoms with E-state index in [0.717, 1.165) is 48.4 Å². The van der Waals surface area contributed by atoms with Crippen molar-refractivity contribution >= 4 is 5.96 Å². The van der Waals surface area contributed by atoms with Crippen molar-refractivity contribution in [1.29, 1.82) is 0 Å². The van der Waals surface area contributed by atoms with E-state index in [1.807, 2.05) is 25.2 Å². The third-order valence-corrected chi connectivity index (χ3v) is 4.43. The van der Waals surface area contributed by atoms with Gasteiger partial charge in [0.05, 0.1) is 19.9 Å². The average Bonchev–Trinajstić information content (AvgIpc) is 3.18. The Morgan fingerprint density at radius 3 is 2.57 bits per heavy atom. The van der Waals surface area contributed by atoms with Gasteiger partial charge >= 0.3 is 0 Å². The predicted molar refractivity (Wildman–Crippen MR) is 111 cm³/mol. The molecule has 1 aromatic carbocycles. The maximum absolute atomic E-state index is 5.38. The van der Waals surface area contributed by atoms with E-state index in [0.29, 0.717) is 12.5 Å². The third-order valence-electron chi connectivity index (χ3n) is 4.43. The summed E-state index contributed by atoms with van der Waals surface area (Å²) in [5, 5.41) is 7.42. The third kappa shape index (κ3) is 5.90. The van der Waals surface area contributed by atoms with Crippen LogP contribution in [0.1, 0.15) is 43.7 Å². The molecule has 0 unspecified atom stereocenters. The van der Waals surface area contributed by atoms with Crippen LogP contribution in [0.5, 0.6) is 11.5 Å². The second kappa shape index (κ2) is 10.6. The average molecular weight is 389 g/mol. The largest absolute Gasteiger partial charge is 0.493 e. The van der Waals surface area contributed by atoms with Gasteiger partial charge in [-0.2, -0.15) is 0 Å². The zero-order valence-electron chi connectivity index (χ0n) is 17.8. The highest BCUT2D eigenvalue weighted by Crippen LogP contribution is 2.27. The zero-order valence-corrected chi connectivity index (χ0v) is 17.8. The summed E-state index contributed by atoms with van der Waals surface area (Å²) in [4.78, 5) is 6.79. The second-order valence-corrected chi connectivity index (χ2v) is 6.90. The number of nitrogens with one attached hydrogen (secondary N) is 1. The van der Waals surface area contributed by atoms with Crippen molar-refractivity contribution in [2.24, 2.45) is 4.99 Å². The molecule has 2 rings (SSSR count). The first-order chi connectivity index (χ1) is 13.5. The van der Waals surface area contributed by atoms with E-state index in [1.165, 1.54) is 5.56 Å². The van der Waals surface area contributed by atoms with Crippen molar-refractivity contribution in [3.63, 3.8) is 0 Å². The summed E-state index contributed by atoms with van der Waals surface area (Å²) in [6.45, 7) is 8.32. The summed E-state index contributed by atoms with van der Waals surface area (Å²) in [7, 11) is 5.32. The van der Waals surface area contributed by atoms with E-state index >= 15 is 0 Å². The maximum atomic E-state index is 5.38. The highest BCUT2D eigenvalue weighted by atomic mass is 16.5. The van der Waals surface area contributed by atoms with Gasteiger partial charge in [0, 0.05) is 26.2 Å². The molecule has 2 aromatic rings. The van der Waals surface area contributed by atoms with E-state index in [9.17, 15) is 0 Å². The molecular weight excluding hydrogens is 356 g/mol. The van der Waals surface area contributed by atoms with Crippen molar-refractivity contribution in [3.8, 4) is 11.5 Å². The van der Waals surface area contributed by atoms with Crippen LogP contribution in [0.4, 0.5) is 0 Å². The number of methoxy groups -OCH3 is 2. The molecule has 0 amide bonds. The fourth-order valence-corrected chi connectivity index (χ4v) is 2.74. The highest BCUT2D eigenvalue weighted by Gasteiger charge is 2.10. The number of aliphatic imine (C=N–C) groups is 1. The Labute approximate surface area is 167 Å². The molecule has 1 heterocycles. The molecule has 1 N–H and O–H groups in total. The van der Waals surface area contributed by atoms with Gasteiger partial charge in [-0.25, -0.2) is 4.99 Å². The molecule has 0 atom stereocenters. The number of guanidine groups is 1. The van der Waals surface area contributed by atoms with Crippen LogP contribution in [0, 0.1) is 0 Å². The maximum Gasteiger partial charge on any atom is 0.194 e. The summed E-state index contributed by atoms with van der Waals surface area (Å²) < 4.78 is 16.1. The molecule has 7 heteroatoms. The first kappa shape index (κ1) is 21.6. The molecule has 0 saturated carbocycles. The second-order valence-electron chi connectivity index (χ2n) is 6.90. The molecule has 0 bridgehead atoms. The van der Waals surface area contributed by atoms with Gasteiger partial charge in [-0.3, -0.25) is 0 Å². The van der Waals surface area contributed by atoms with Crippen molar-refractivity contribution in [2.45, 2.75) is 39.7 Å². The Bertz CT molecular complexity index is 771. The molecule has 0 spiro atoms. The molecule has 154 valence electrons. The summed E-state index contributed by atoms with van der Waals surface area (Å²) in [6.07, 6.45) is 0.862. The monoisotopic (exact) mass is 388 g/mol. The number of likely N-dealkylation sites (N-methyl/N-ethyl adjacent to an activating group) is 1. The molecule has 0 aliphatic carbocycles. The smallest absolute Gasteiger partial charge is 0.194 e. The summed E-state index contributed by atoms with van der Waals surface area (Å²) in [5.41, 5.74) is 2.13. The van der Waals surface area contributed by atoms with E-state index in [-0.39, 0.29) is 0 Å². The van der Waals surface area contributed by atoms with Gasteiger partial charge in [0.15, 0.2) is 23.2 Å². The Morgan fingerprint density at radius 1 is 1.21 bits per heavy atom. The first-order valence-corrected chi connectivity index (χ1v) is 9.64. The van der Waals surface area contributed by atoms with Crippen molar-refractivity contribution in [3.05, 3.63) is 41.3 Å². The SMILES string of the molecule is CCNC(=NCc1cc(C(C)C)no1)N(C)CCc1ccc(OC)c(OC)c1. The number of aromatic nitrogens is 1. The van der Waals surface area contributed by atoms with Crippen LogP contribution in [0.15, 0.2) is 33.8 Å². The topological polar surface area (TPSA) is 72.1 Å². The molecule has 0 saturated heterocycles. The van der Waals surface area contributed by atoms with Crippen LogP contribution in [0.25, 0.3) is 0 Å². The normalized spacial score (nSPS) is 11.6. The first-order valence-electron chi connectivity index (χ1n) is 9.64. The van der Waals surface area contributed by atoms with Crippen LogP contribution in [-0.2, 0) is 13.0 Å². The van der Waals surface area contributed by atoms with E-state index < -0.39 is 0 Å². The number of ether oxygens (including phenoxy) is 2. The highest BCUT2D eigenvalue weighted by molar-refractivity contribution is 5.79. The van der Waals surface area contributed by atoms with Gasteiger partial charge in [-0.1, -0.05) is 25.1 Å². The minimum Gasteiger partial charge on any atom is -0.493 e. The summed E-state index contributed by atoms with van der Waals surface area (Å²) >= 11 is 0. The van der Waals surface area contributed by atoms with E-state index in [2.05, 4.69) is 47.2 Å². The zero-order chi connectivity index (χ0) is 20.5. The summed E-state index contributed by atoms with van der Waals surface area (Å²) in [5.74, 6) is 3.44. The number of benzene rings is 1. The minimum absolute atomic E-state index is 0.346. The van der Waals surface area contributed by atoms with Gasteiger partial charge in [0.1, 0.15) is 6.54 Å². The Kier molecular flexibility index (Phi) is 8.17. The molecular formula is C21H32N4O3. The number of nitrogens with zero attached hydrogens (tertiary/aromatic N) is 3. The van der Waals surface area contributed by atoms with Gasteiger partial charge < -0.3 is 24.2 Å². The molecule has 0 aliphatic heterocycles. The molecule has 0 fully saturated rings. The van der Waals surface area contributed by atoms with E-state index in [4.69, 9.17) is 14.0 Å².